The number of carbonyl (C=O) groups is 2. The molecule has 2 N–H and O–H groups in total. The normalized spacial score (nSPS) is 18.4. The quantitative estimate of drug-likeness (QED) is 0.617. The zero-order valence-electron chi connectivity index (χ0n) is 18.5. The summed E-state index contributed by atoms with van der Waals surface area (Å²) >= 11 is 0. The Balaban J connectivity index is 1.59. The predicted molar refractivity (Wildman–Crippen MR) is 126 cm³/mol. The van der Waals surface area contributed by atoms with Crippen LogP contribution in [0.4, 0.5) is 0 Å². The molecule has 1 saturated carbocycles. The van der Waals surface area contributed by atoms with E-state index in [9.17, 15) is 9.59 Å². The minimum atomic E-state index is -0.188. The number of hydrogen-bond acceptors (Lipinski definition) is 4. The average molecular weight is 435 g/mol. The molecule has 2 aromatic carbocycles. The van der Waals surface area contributed by atoms with Gasteiger partial charge in [-0.25, -0.2) is 0 Å². The van der Waals surface area contributed by atoms with Crippen LogP contribution in [0.2, 0.25) is 0 Å². The van der Waals surface area contributed by atoms with Gasteiger partial charge in [0.1, 0.15) is 11.5 Å². The van der Waals surface area contributed by atoms with E-state index in [1.54, 1.807) is 26.4 Å². The zero-order valence-corrected chi connectivity index (χ0v) is 18.5. The minimum absolute atomic E-state index is 0.109. The molecule has 2 atom stereocenters. The molecule has 0 aliphatic heterocycles. The van der Waals surface area contributed by atoms with Gasteiger partial charge in [0.05, 0.1) is 14.2 Å². The Labute approximate surface area is 189 Å². The number of methoxy groups -OCH3 is 2. The first-order chi connectivity index (χ1) is 15.6. The van der Waals surface area contributed by atoms with Gasteiger partial charge in [-0.3, -0.25) is 9.59 Å². The molecule has 0 spiro atoms. The molecule has 1 fully saturated rings. The van der Waals surface area contributed by atoms with Gasteiger partial charge in [-0.05, 0) is 37.1 Å². The van der Waals surface area contributed by atoms with Crippen molar-refractivity contribution < 1.29 is 19.1 Å². The second-order valence-electron chi connectivity index (χ2n) is 7.67. The van der Waals surface area contributed by atoms with Gasteiger partial charge in [0.25, 0.3) is 0 Å². The fourth-order valence-corrected chi connectivity index (χ4v) is 3.88. The van der Waals surface area contributed by atoms with Gasteiger partial charge < -0.3 is 20.1 Å². The summed E-state index contributed by atoms with van der Waals surface area (Å²) in [6, 6.07) is 14.8. The van der Waals surface area contributed by atoms with Crippen molar-refractivity contribution in [3.8, 4) is 11.5 Å². The van der Waals surface area contributed by atoms with Gasteiger partial charge in [0, 0.05) is 35.4 Å². The number of benzene rings is 2. The van der Waals surface area contributed by atoms with Crippen LogP contribution in [0.25, 0.3) is 12.2 Å². The fraction of sp³-hybridized carbons (Fsp3) is 0.308. The van der Waals surface area contributed by atoms with E-state index in [0.29, 0.717) is 11.5 Å². The molecule has 0 radical (unpaired) electrons. The summed E-state index contributed by atoms with van der Waals surface area (Å²) < 4.78 is 10.6. The van der Waals surface area contributed by atoms with E-state index in [1.165, 1.54) is 12.2 Å². The second kappa shape index (κ2) is 11.7. The summed E-state index contributed by atoms with van der Waals surface area (Å²) in [5.74, 6) is 1.04. The van der Waals surface area contributed by atoms with Crippen molar-refractivity contribution in [2.24, 2.45) is 0 Å². The lowest BCUT2D eigenvalue weighted by atomic mass is 9.90. The van der Waals surface area contributed by atoms with Gasteiger partial charge in [-0.1, -0.05) is 49.2 Å². The summed E-state index contributed by atoms with van der Waals surface area (Å²) in [5, 5.41) is 6.10. The SMILES string of the molecule is COc1ccccc1C=CC(=O)NC1CCCCC1NC(=O)C=Cc1ccccc1OC. The van der Waals surface area contributed by atoms with Crippen molar-refractivity contribution in [3.63, 3.8) is 0 Å². The lowest BCUT2D eigenvalue weighted by Crippen LogP contribution is -2.52. The summed E-state index contributed by atoms with van der Waals surface area (Å²) in [6.07, 6.45) is 10.2. The molecule has 0 aromatic heterocycles. The summed E-state index contributed by atoms with van der Waals surface area (Å²) in [6.45, 7) is 0. The Kier molecular flexibility index (Phi) is 8.49. The highest BCUT2D eigenvalue weighted by molar-refractivity contribution is 5.93. The number of nitrogens with one attached hydrogen (secondary N) is 2. The van der Waals surface area contributed by atoms with Crippen LogP contribution in [0.15, 0.2) is 60.7 Å². The lowest BCUT2D eigenvalue weighted by Gasteiger charge is -2.32. The van der Waals surface area contributed by atoms with Gasteiger partial charge >= 0.3 is 0 Å². The average Bonchev–Trinajstić information content (AvgIpc) is 2.83. The highest BCUT2D eigenvalue weighted by atomic mass is 16.5. The van der Waals surface area contributed by atoms with Crippen molar-refractivity contribution in [3.05, 3.63) is 71.8 Å². The third kappa shape index (κ3) is 6.48. The van der Waals surface area contributed by atoms with Crippen LogP contribution in [0.3, 0.4) is 0 Å². The van der Waals surface area contributed by atoms with Crippen molar-refractivity contribution in [1.29, 1.82) is 0 Å². The van der Waals surface area contributed by atoms with E-state index in [0.717, 1.165) is 36.8 Å². The number of carbonyl (C=O) groups excluding carboxylic acids is 2. The van der Waals surface area contributed by atoms with Crippen molar-refractivity contribution in [1.82, 2.24) is 10.6 Å². The van der Waals surface area contributed by atoms with Gasteiger partial charge in [-0.2, -0.15) is 0 Å². The van der Waals surface area contributed by atoms with E-state index in [1.807, 2.05) is 48.5 Å². The predicted octanol–water partition coefficient (Wildman–Crippen LogP) is 3.97. The number of para-hydroxylation sites is 2. The van der Waals surface area contributed by atoms with E-state index in [4.69, 9.17) is 9.47 Å². The molecular weight excluding hydrogens is 404 g/mol. The van der Waals surface area contributed by atoms with Crippen LogP contribution in [0, 0.1) is 0 Å². The molecule has 1 aliphatic rings. The van der Waals surface area contributed by atoms with E-state index < -0.39 is 0 Å². The number of hydrogen-bond donors (Lipinski definition) is 2. The highest BCUT2D eigenvalue weighted by Crippen LogP contribution is 2.21. The molecule has 2 aromatic rings. The van der Waals surface area contributed by atoms with Gasteiger partial charge in [0.2, 0.25) is 11.8 Å². The maximum absolute atomic E-state index is 12.5. The molecule has 1 aliphatic carbocycles. The molecule has 0 heterocycles. The summed E-state index contributed by atoms with van der Waals surface area (Å²) in [7, 11) is 3.20. The number of amides is 2. The molecule has 6 nitrogen and oxygen atoms in total. The molecule has 2 unspecified atom stereocenters. The van der Waals surface area contributed by atoms with Crippen LogP contribution in [0.1, 0.15) is 36.8 Å². The molecule has 0 bridgehead atoms. The first-order valence-corrected chi connectivity index (χ1v) is 10.8. The van der Waals surface area contributed by atoms with Crippen LogP contribution >= 0.6 is 0 Å². The number of ether oxygens (including phenoxy) is 2. The largest absolute Gasteiger partial charge is 0.496 e. The molecule has 32 heavy (non-hydrogen) atoms. The maximum atomic E-state index is 12.5. The maximum Gasteiger partial charge on any atom is 0.244 e. The smallest absolute Gasteiger partial charge is 0.244 e. The second-order valence-corrected chi connectivity index (χ2v) is 7.67. The van der Waals surface area contributed by atoms with Crippen molar-refractivity contribution in [2.75, 3.05) is 14.2 Å². The lowest BCUT2D eigenvalue weighted by molar-refractivity contribution is -0.120. The third-order valence-electron chi connectivity index (χ3n) is 5.53. The monoisotopic (exact) mass is 434 g/mol. The molecular formula is C26H30N2O4. The first-order valence-electron chi connectivity index (χ1n) is 10.8. The van der Waals surface area contributed by atoms with Crippen molar-refractivity contribution >= 4 is 24.0 Å². The molecule has 168 valence electrons. The Bertz CT molecular complexity index is 904. The Morgan fingerprint density at radius 3 is 1.56 bits per heavy atom. The van der Waals surface area contributed by atoms with Crippen LogP contribution in [-0.4, -0.2) is 38.1 Å². The molecule has 2 amide bonds. The van der Waals surface area contributed by atoms with E-state index in [-0.39, 0.29) is 23.9 Å². The van der Waals surface area contributed by atoms with E-state index in [2.05, 4.69) is 10.6 Å². The molecule has 6 heteroatoms. The fourth-order valence-electron chi connectivity index (χ4n) is 3.88. The Morgan fingerprint density at radius 2 is 1.16 bits per heavy atom. The van der Waals surface area contributed by atoms with Crippen LogP contribution < -0.4 is 20.1 Å². The standard InChI is InChI=1S/C26H30N2O4/c1-31-23-13-7-3-9-19(23)15-17-25(29)27-21-11-5-6-12-22(21)28-26(30)18-16-20-10-4-8-14-24(20)32-2/h3-4,7-10,13-18,21-22H,5-6,11-12H2,1-2H3,(H,27,29)(H,28,30). The Morgan fingerprint density at radius 1 is 0.750 bits per heavy atom. The van der Waals surface area contributed by atoms with Gasteiger partial charge in [0.15, 0.2) is 0 Å². The van der Waals surface area contributed by atoms with Crippen LogP contribution in [-0.2, 0) is 9.59 Å². The zero-order chi connectivity index (χ0) is 22.8. The Hall–Kier alpha value is -3.54. The van der Waals surface area contributed by atoms with Gasteiger partial charge in [-0.15, -0.1) is 0 Å². The first kappa shape index (κ1) is 23.1. The molecule has 3 rings (SSSR count). The van der Waals surface area contributed by atoms with Crippen molar-refractivity contribution in [2.45, 2.75) is 37.8 Å². The van der Waals surface area contributed by atoms with E-state index >= 15 is 0 Å². The topological polar surface area (TPSA) is 76.7 Å². The number of rotatable bonds is 8. The third-order valence-corrected chi connectivity index (χ3v) is 5.53. The minimum Gasteiger partial charge on any atom is -0.496 e. The highest BCUT2D eigenvalue weighted by Gasteiger charge is 2.26. The summed E-state index contributed by atoms with van der Waals surface area (Å²) in [4.78, 5) is 25.0. The molecule has 0 saturated heterocycles. The summed E-state index contributed by atoms with van der Waals surface area (Å²) in [5.41, 5.74) is 1.67. The van der Waals surface area contributed by atoms with Crippen LogP contribution in [0.5, 0.6) is 11.5 Å².